The van der Waals surface area contributed by atoms with Crippen LogP contribution in [0.1, 0.15) is 6.42 Å². The van der Waals surface area contributed by atoms with Crippen molar-refractivity contribution in [3.8, 4) is 0 Å². The summed E-state index contributed by atoms with van der Waals surface area (Å²) in [6.45, 7) is 1.19. The van der Waals surface area contributed by atoms with E-state index >= 15 is 0 Å². The van der Waals surface area contributed by atoms with Gasteiger partial charge in [0, 0.05) is 25.7 Å². The normalized spacial score (nSPS) is 10.8. The second-order valence-electron chi connectivity index (χ2n) is 4.53. The molecular formula is C13H18F2N2O2. The van der Waals surface area contributed by atoms with Crippen LogP contribution < -0.4 is 4.90 Å². The van der Waals surface area contributed by atoms with Gasteiger partial charge in [-0.1, -0.05) is 0 Å². The van der Waals surface area contributed by atoms with Crippen LogP contribution in [0.25, 0.3) is 0 Å². The van der Waals surface area contributed by atoms with Crippen molar-refractivity contribution in [3.63, 3.8) is 0 Å². The number of aliphatic carboxylic acids is 1. The Hall–Kier alpha value is -1.69. The van der Waals surface area contributed by atoms with Crippen molar-refractivity contribution >= 4 is 11.7 Å². The summed E-state index contributed by atoms with van der Waals surface area (Å²) in [5.41, 5.74) is 0.100. The molecule has 0 aliphatic carbocycles. The number of likely N-dealkylation sites (N-methyl/N-ethyl adjacent to an activating group) is 1. The molecule has 0 unspecified atom stereocenters. The van der Waals surface area contributed by atoms with Gasteiger partial charge >= 0.3 is 5.97 Å². The van der Waals surface area contributed by atoms with Gasteiger partial charge < -0.3 is 14.9 Å². The van der Waals surface area contributed by atoms with Crippen molar-refractivity contribution in [2.24, 2.45) is 0 Å². The number of anilines is 1. The zero-order chi connectivity index (χ0) is 14.4. The average Bonchev–Trinajstić information content (AvgIpc) is 2.32. The zero-order valence-electron chi connectivity index (χ0n) is 11.1. The number of hydrogen-bond acceptors (Lipinski definition) is 3. The van der Waals surface area contributed by atoms with Crippen molar-refractivity contribution in [2.75, 3.05) is 38.6 Å². The minimum atomic E-state index is -0.966. The van der Waals surface area contributed by atoms with E-state index in [2.05, 4.69) is 0 Å². The van der Waals surface area contributed by atoms with E-state index in [0.29, 0.717) is 13.1 Å². The van der Waals surface area contributed by atoms with Gasteiger partial charge in [-0.05, 0) is 26.2 Å². The molecule has 0 radical (unpaired) electrons. The lowest BCUT2D eigenvalue weighted by Crippen LogP contribution is -2.34. The van der Waals surface area contributed by atoms with Crippen LogP contribution in [0.2, 0.25) is 0 Å². The third kappa shape index (κ3) is 5.21. The van der Waals surface area contributed by atoms with E-state index in [1.807, 2.05) is 19.0 Å². The number of hydrogen-bond donors (Lipinski definition) is 1. The number of nitrogens with zero attached hydrogens (tertiary/aromatic N) is 2. The number of benzene rings is 1. The summed E-state index contributed by atoms with van der Waals surface area (Å²) in [4.78, 5) is 14.1. The van der Waals surface area contributed by atoms with Gasteiger partial charge in [0.1, 0.15) is 11.6 Å². The fourth-order valence-corrected chi connectivity index (χ4v) is 1.63. The minimum Gasteiger partial charge on any atom is -0.481 e. The molecule has 0 aliphatic heterocycles. The molecule has 1 aromatic carbocycles. The predicted octanol–water partition coefficient (Wildman–Crippen LogP) is 1.81. The first-order chi connectivity index (χ1) is 8.90. The van der Waals surface area contributed by atoms with Gasteiger partial charge in [-0.2, -0.15) is 0 Å². The van der Waals surface area contributed by atoms with E-state index in [9.17, 15) is 13.6 Å². The molecule has 1 aromatic rings. The van der Waals surface area contributed by atoms with Crippen LogP contribution in [0.5, 0.6) is 0 Å². The Balaban J connectivity index is 2.86. The molecule has 0 spiro atoms. The van der Waals surface area contributed by atoms with Crippen LogP contribution in [0, 0.1) is 11.6 Å². The Labute approximate surface area is 111 Å². The molecule has 106 valence electrons. The van der Waals surface area contributed by atoms with Gasteiger partial charge in [0.05, 0.1) is 12.1 Å². The molecule has 19 heavy (non-hydrogen) atoms. The standard InChI is InChI=1S/C13H18F2N2O2/c1-16(2)7-8-17(6-5-13(18)19)12-9-10(14)3-4-11(12)15/h3-4,9H,5-8H2,1-2H3,(H,18,19). The van der Waals surface area contributed by atoms with Gasteiger partial charge in [-0.15, -0.1) is 0 Å². The van der Waals surface area contributed by atoms with Gasteiger partial charge in [0.2, 0.25) is 0 Å². The smallest absolute Gasteiger partial charge is 0.305 e. The van der Waals surface area contributed by atoms with Gasteiger partial charge in [0.25, 0.3) is 0 Å². The van der Waals surface area contributed by atoms with E-state index in [0.717, 1.165) is 18.2 Å². The molecule has 0 amide bonds. The molecule has 1 N–H and O–H groups in total. The first-order valence-corrected chi connectivity index (χ1v) is 5.96. The molecule has 0 saturated heterocycles. The fourth-order valence-electron chi connectivity index (χ4n) is 1.63. The van der Waals surface area contributed by atoms with Crippen LogP contribution in [-0.4, -0.2) is 49.7 Å². The van der Waals surface area contributed by atoms with E-state index < -0.39 is 17.6 Å². The van der Waals surface area contributed by atoms with Crippen LogP contribution in [0.3, 0.4) is 0 Å². The molecule has 0 fully saturated rings. The highest BCUT2D eigenvalue weighted by atomic mass is 19.1. The summed E-state index contributed by atoms with van der Waals surface area (Å²) >= 11 is 0. The summed E-state index contributed by atoms with van der Waals surface area (Å²) in [5, 5.41) is 8.71. The predicted molar refractivity (Wildman–Crippen MR) is 69.4 cm³/mol. The van der Waals surface area contributed by atoms with E-state index in [1.54, 1.807) is 4.90 Å². The number of carboxylic acid groups (broad SMARTS) is 1. The topological polar surface area (TPSA) is 43.8 Å². The van der Waals surface area contributed by atoms with E-state index in [4.69, 9.17) is 5.11 Å². The lowest BCUT2D eigenvalue weighted by molar-refractivity contribution is -0.136. The molecule has 4 nitrogen and oxygen atoms in total. The monoisotopic (exact) mass is 272 g/mol. The summed E-state index contributed by atoms with van der Waals surface area (Å²) in [6.07, 6.45) is -0.122. The molecule has 1 rings (SSSR count). The molecule has 0 saturated carbocycles. The maximum Gasteiger partial charge on any atom is 0.305 e. The minimum absolute atomic E-state index is 0.100. The lowest BCUT2D eigenvalue weighted by atomic mass is 10.2. The summed E-state index contributed by atoms with van der Waals surface area (Å²) in [6, 6.07) is 3.18. The van der Waals surface area contributed by atoms with Crippen molar-refractivity contribution in [2.45, 2.75) is 6.42 Å². The first-order valence-electron chi connectivity index (χ1n) is 5.96. The number of rotatable bonds is 7. The zero-order valence-corrected chi connectivity index (χ0v) is 11.1. The van der Waals surface area contributed by atoms with Gasteiger partial charge in [-0.25, -0.2) is 8.78 Å². The average molecular weight is 272 g/mol. The summed E-state index contributed by atoms with van der Waals surface area (Å²) in [7, 11) is 3.72. The number of carboxylic acids is 1. The van der Waals surface area contributed by atoms with Gasteiger partial charge in [0.15, 0.2) is 0 Å². The van der Waals surface area contributed by atoms with Crippen molar-refractivity contribution in [1.82, 2.24) is 4.90 Å². The van der Waals surface area contributed by atoms with E-state index in [-0.39, 0.29) is 18.7 Å². The van der Waals surface area contributed by atoms with Crippen molar-refractivity contribution in [3.05, 3.63) is 29.8 Å². The third-order valence-electron chi connectivity index (χ3n) is 2.66. The Morgan fingerprint density at radius 1 is 1.21 bits per heavy atom. The second-order valence-corrected chi connectivity index (χ2v) is 4.53. The number of halogens is 2. The molecule has 0 heterocycles. The number of carbonyl (C=O) groups is 1. The molecule has 0 bridgehead atoms. The maximum absolute atomic E-state index is 13.7. The van der Waals surface area contributed by atoms with Crippen LogP contribution in [-0.2, 0) is 4.79 Å². The third-order valence-corrected chi connectivity index (χ3v) is 2.66. The fraction of sp³-hybridized carbons (Fsp3) is 0.462. The van der Waals surface area contributed by atoms with Crippen molar-refractivity contribution in [1.29, 1.82) is 0 Å². The highest BCUT2D eigenvalue weighted by molar-refractivity contribution is 5.67. The van der Waals surface area contributed by atoms with Crippen LogP contribution >= 0.6 is 0 Å². The quantitative estimate of drug-likeness (QED) is 0.822. The maximum atomic E-state index is 13.7. The lowest BCUT2D eigenvalue weighted by Gasteiger charge is -2.26. The SMILES string of the molecule is CN(C)CCN(CCC(=O)O)c1cc(F)ccc1F. The highest BCUT2D eigenvalue weighted by Crippen LogP contribution is 2.20. The second kappa shape index (κ2) is 7.04. The Morgan fingerprint density at radius 3 is 2.47 bits per heavy atom. The van der Waals surface area contributed by atoms with Crippen molar-refractivity contribution < 1.29 is 18.7 Å². The highest BCUT2D eigenvalue weighted by Gasteiger charge is 2.14. The Morgan fingerprint density at radius 2 is 1.89 bits per heavy atom. The first kappa shape index (κ1) is 15.4. The Kier molecular flexibility index (Phi) is 5.69. The molecular weight excluding hydrogens is 254 g/mol. The molecule has 0 atom stereocenters. The molecule has 6 heteroatoms. The van der Waals surface area contributed by atoms with E-state index in [1.165, 1.54) is 0 Å². The van der Waals surface area contributed by atoms with Crippen LogP contribution in [0.4, 0.5) is 14.5 Å². The largest absolute Gasteiger partial charge is 0.481 e. The Bertz CT molecular complexity index is 439. The van der Waals surface area contributed by atoms with Crippen LogP contribution in [0.15, 0.2) is 18.2 Å². The summed E-state index contributed by atoms with van der Waals surface area (Å²) < 4.78 is 26.9. The summed E-state index contributed by atoms with van der Waals surface area (Å²) in [5.74, 6) is -2.06. The van der Waals surface area contributed by atoms with Gasteiger partial charge in [-0.3, -0.25) is 4.79 Å². The molecule has 0 aromatic heterocycles. The molecule has 0 aliphatic rings.